The zero-order chi connectivity index (χ0) is 8.43. The average molecular weight is 153 g/mol. The van der Waals surface area contributed by atoms with Gasteiger partial charge in [0.25, 0.3) is 5.91 Å². The first kappa shape index (κ1) is 7.26. The molecule has 1 heterocycles. The largest absolute Gasteiger partial charge is 0.365 e. The summed E-state index contributed by atoms with van der Waals surface area (Å²) in [6.07, 6.45) is 3.34. The molecule has 11 heavy (non-hydrogen) atoms. The van der Waals surface area contributed by atoms with Gasteiger partial charge < -0.3 is 11.5 Å². The number of rotatable bonds is 1. The van der Waals surface area contributed by atoms with Gasteiger partial charge in [0.15, 0.2) is 0 Å². The summed E-state index contributed by atoms with van der Waals surface area (Å²) in [5.41, 5.74) is 9.70. The molecule has 0 unspecified atom stereocenters. The maximum Gasteiger partial charge on any atom is 0.339 e. The van der Waals surface area contributed by atoms with Gasteiger partial charge in [-0.1, -0.05) is 0 Å². The van der Waals surface area contributed by atoms with Crippen LogP contribution >= 0.6 is 0 Å². The van der Waals surface area contributed by atoms with Crippen LogP contribution in [0.5, 0.6) is 0 Å². The lowest BCUT2D eigenvalue weighted by Crippen LogP contribution is -2.20. The number of carbonyl (C=O) groups excluding carboxylic acids is 2. The van der Waals surface area contributed by atoms with E-state index in [4.69, 9.17) is 11.5 Å². The lowest BCUT2D eigenvalue weighted by molar-refractivity contribution is 0.1000. The molecule has 0 aliphatic carbocycles. The van der Waals surface area contributed by atoms with Crippen molar-refractivity contribution in [1.29, 1.82) is 0 Å². The van der Waals surface area contributed by atoms with Gasteiger partial charge in [-0.05, 0) is 0 Å². The molecule has 0 aromatic carbocycles. The lowest BCUT2D eigenvalue weighted by atomic mass is 10.4. The third-order valence-electron chi connectivity index (χ3n) is 1.02. The molecule has 4 N–H and O–H groups in total. The van der Waals surface area contributed by atoms with Crippen molar-refractivity contribution in [3.8, 4) is 0 Å². The molecule has 0 spiro atoms. The highest BCUT2D eigenvalue weighted by Crippen LogP contribution is 1.92. The number of hydrogen-bond acceptors (Lipinski definition) is 3. The van der Waals surface area contributed by atoms with Crippen LogP contribution in [0.15, 0.2) is 6.20 Å². The molecule has 0 bridgehead atoms. The third kappa shape index (κ3) is 1.34. The topological polar surface area (TPSA) is 104 Å². The third-order valence-corrected chi connectivity index (χ3v) is 1.02. The van der Waals surface area contributed by atoms with Crippen molar-refractivity contribution in [3.63, 3.8) is 0 Å². The van der Waals surface area contributed by atoms with Crippen molar-refractivity contribution in [1.82, 2.24) is 9.78 Å². The number of aromatic nitrogens is 2. The summed E-state index contributed by atoms with van der Waals surface area (Å²) >= 11 is 0. The summed E-state index contributed by atoms with van der Waals surface area (Å²) in [6.45, 7) is 0. The van der Waals surface area contributed by atoms with Crippen LogP contribution in [0.4, 0.5) is 4.79 Å². The van der Waals surface area contributed by atoms with Crippen LogP contribution in [0.2, 0.25) is 0 Å². The number of hydrogen-bond donors (Lipinski definition) is 2. The van der Waals surface area contributed by atoms with Crippen molar-refractivity contribution in [2.75, 3.05) is 0 Å². The van der Waals surface area contributed by atoms with Crippen LogP contribution in [0.25, 0.3) is 0 Å². The standard InChI is InChI=1S/C5H5N4O2/c6-4(10)3-1-8-9(2-3)5(7)11/h2H,(H2,6,10)(H2,7,11). The van der Waals surface area contributed by atoms with Crippen molar-refractivity contribution in [2.24, 2.45) is 11.5 Å². The quantitative estimate of drug-likeness (QED) is 0.524. The Morgan fingerprint density at radius 2 is 2.18 bits per heavy atom. The average Bonchev–Trinajstić information content (AvgIpc) is 2.33. The molecular formula is C5H5N4O2. The van der Waals surface area contributed by atoms with E-state index in [9.17, 15) is 9.59 Å². The number of nitrogens with zero attached hydrogens (tertiary/aromatic N) is 2. The van der Waals surface area contributed by atoms with Gasteiger partial charge in [-0.3, -0.25) is 4.79 Å². The van der Waals surface area contributed by atoms with Crippen LogP contribution in [0.3, 0.4) is 0 Å². The van der Waals surface area contributed by atoms with E-state index < -0.39 is 11.9 Å². The van der Waals surface area contributed by atoms with Gasteiger partial charge in [-0.15, -0.1) is 0 Å². The van der Waals surface area contributed by atoms with Gasteiger partial charge in [-0.25, -0.2) is 4.79 Å². The molecule has 1 aromatic rings. The molecule has 0 saturated carbocycles. The Labute approximate surface area is 61.8 Å². The smallest absolute Gasteiger partial charge is 0.339 e. The molecule has 0 atom stereocenters. The second-order valence-electron chi connectivity index (χ2n) is 1.80. The van der Waals surface area contributed by atoms with Crippen molar-refractivity contribution in [3.05, 3.63) is 18.0 Å². The molecule has 0 aliphatic rings. The highest BCUT2D eigenvalue weighted by molar-refractivity contribution is 5.92. The maximum absolute atomic E-state index is 10.4. The predicted molar refractivity (Wildman–Crippen MR) is 34.6 cm³/mol. The Balaban J connectivity index is 2.99. The van der Waals surface area contributed by atoms with Gasteiger partial charge in [0.05, 0.1) is 5.56 Å². The van der Waals surface area contributed by atoms with Crippen molar-refractivity contribution < 1.29 is 9.59 Å². The molecule has 6 heteroatoms. The lowest BCUT2D eigenvalue weighted by Gasteiger charge is -1.88. The second-order valence-corrected chi connectivity index (χ2v) is 1.80. The Kier molecular flexibility index (Phi) is 1.59. The molecule has 0 saturated heterocycles. The van der Waals surface area contributed by atoms with E-state index in [0.29, 0.717) is 0 Å². The molecule has 1 aromatic heterocycles. The molecule has 2 amide bonds. The Morgan fingerprint density at radius 3 is 2.45 bits per heavy atom. The number of amides is 2. The number of nitrogens with two attached hydrogens (primary N) is 2. The number of carbonyl (C=O) groups is 2. The van der Waals surface area contributed by atoms with E-state index in [-0.39, 0.29) is 5.56 Å². The zero-order valence-corrected chi connectivity index (χ0v) is 5.44. The van der Waals surface area contributed by atoms with Crippen LogP contribution in [-0.4, -0.2) is 21.7 Å². The fourth-order valence-corrected chi connectivity index (χ4v) is 0.519. The van der Waals surface area contributed by atoms with Gasteiger partial charge in [-0.2, -0.15) is 9.78 Å². The summed E-state index contributed by atoms with van der Waals surface area (Å²) in [6, 6.07) is -0.784. The summed E-state index contributed by atoms with van der Waals surface area (Å²) in [5.74, 6) is -0.697. The molecule has 1 radical (unpaired) electrons. The van der Waals surface area contributed by atoms with Gasteiger partial charge in [0.1, 0.15) is 6.20 Å². The summed E-state index contributed by atoms with van der Waals surface area (Å²) < 4.78 is 0.778. The summed E-state index contributed by atoms with van der Waals surface area (Å²) in [7, 11) is 0. The van der Waals surface area contributed by atoms with Crippen LogP contribution in [-0.2, 0) is 0 Å². The molecule has 6 nitrogen and oxygen atoms in total. The van der Waals surface area contributed by atoms with E-state index >= 15 is 0 Å². The monoisotopic (exact) mass is 153 g/mol. The summed E-state index contributed by atoms with van der Waals surface area (Å²) in [4.78, 5) is 20.8. The minimum Gasteiger partial charge on any atom is -0.365 e. The molecule has 57 valence electrons. The van der Waals surface area contributed by atoms with E-state index in [1.165, 1.54) is 0 Å². The fraction of sp³-hybridized carbons (Fsp3) is 0. The maximum atomic E-state index is 10.4. The first-order valence-electron chi connectivity index (χ1n) is 2.68. The normalized spacial score (nSPS) is 9.45. The first-order valence-corrected chi connectivity index (χ1v) is 2.68. The molecule has 1 rings (SSSR count). The second kappa shape index (κ2) is 2.41. The molecule has 0 aliphatic heterocycles. The summed E-state index contributed by atoms with van der Waals surface area (Å²) in [5, 5.41) is 3.35. The van der Waals surface area contributed by atoms with Gasteiger partial charge in [0, 0.05) is 6.20 Å². The minimum absolute atomic E-state index is 0.0313. The SMILES string of the molecule is NC(=O)c1[c]nn(C(N)=O)c1. The van der Waals surface area contributed by atoms with E-state index in [1.807, 2.05) is 0 Å². The molecular weight excluding hydrogens is 148 g/mol. The van der Waals surface area contributed by atoms with Gasteiger partial charge >= 0.3 is 6.03 Å². The van der Waals surface area contributed by atoms with E-state index in [2.05, 4.69) is 11.3 Å². The number of primary amides is 2. The Hall–Kier alpha value is -1.85. The van der Waals surface area contributed by atoms with E-state index in [1.54, 1.807) is 0 Å². The van der Waals surface area contributed by atoms with E-state index in [0.717, 1.165) is 10.9 Å². The van der Waals surface area contributed by atoms with Crippen molar-refractivity contribution in [2.45, 2.75) is 0 Å². The highest BCUT2D eigenvalue weighted by Gasteiger charge is 2.06. The Bertz CT molecular complexity index is 275. The molecule has 0 fully saturated rings. The van der Waals surface area contributed by atoms with Crippen LogP contribution < -0.4 is 11.5 Å². The minimum atomic E-state index is -0.784. The van der Waals surface area contributed by atoms with Crippen molar-refractivity contribution >= 4 is 11.9 Å². The van der Waals surface area contributed by atoms with Gasteiger partial charge in [0.2, 0.25) is 0 Å². The van der Waals surface area contributed by atoms with Crippen LogP contribution in [0, 0.1) is 6.20 Å². The first-order chi connectivity index (χ1) is 5.11. The van der Waals surface area contributed by atoms with Crippen LogP contribution in [0.1, 0.15) is 10.4 Å². The highest BCUT2D eigenvalue weighted by atomic mass is 16.2. The zero-order valence-electron chi connectivity index (χ0n) is 5.44. The fourth-order valence-electron chi connectivity index (χ4n) is 0.519. The Morgan fingerprint density at radius 1 is 1.55 bits per heavy atom. The predicted octanol–water partition coefficient (Wildman–Crippen LogP) is -1.29.